The number of pyridine rings is 1. The number of rotatable bonds is 3. The maximum absolute atomic E-state index is 13.5. The molecule has 0 saturated carbocycles. The Kier molecular flexibility index (Phi) is 3.59. The molecule has 2 aromatic rings. The van der Waals surface area contributed by atoms with Crippen molar-refractivity contribution in [2.75, 3.05) is 0 Å². The maximum atomic E-state index is 13.5. The van der Waals surface area contributed by atoms with Crippen LogP contribution in [-0.4, -0.2) is 4.98 Å². The summed E-state index contributed by atoms with van der Waals surface area (Å²) >= 11 is 5.77. The number of hydrogen-bond acceptors (Lipinski definition) is 2. The predicted octanol–water partition coefficient (Wildman–Crippen LogP) is 4.06. The Morgan fingerprint density at radius 2 is 2.12 bits per heavy atom. The van der Waals surface area contributed by atoms with E-state index in [-0.39, 0.29) is 5.75 Å². The second-order valence-corrected chi connectivity index (χ2v) is 3.92. The third kappa shape index (κ3) is 2.74. The highest BCUT2D eigenvalue weighted by Crippen LogP contribution is 2.28. The summed E-state index contributed by atoms with van der Waals surface area (Å²) in [5.41, 5.74) is 1.71. The van der Waals surface area contributed by atoms with E-state index in [9.17, 15) is 4.39 Å². The Labute approximate surface area is 104 Å². The van der Waals surface area contributed by atoms with Crippen LogP contribution in [0, 0.1) is 12.7 Å². The molecule has 2 nitrogen and oxygen atoms in total. The van der Waals surface area contributed by atoms with Gasteiger partial charge in [0.05, 0.1) is 12.1 Å². The zero-order valence-electron chi connectivity index (χ0n) is 9.28. The molecule has 0 saturated heterocycles. The minimum absolute atomic E-state index is 0.185. The standard InChI is InChI=1S/C13H11ClFNO/c1-9-2-3-11(15)12(6-9)17-13-8-16-5-4-10(13)7-14/h2-6,8H,7H2,1H3. The van der Waals surface area contributed by atoms with Gasteiger partial charge in [0.25, 0.3) is 0 Å². The van der Waals surface area contributed by atoms with Crippen molar-refractivity contribution in [3.63, 3.8) is 0 Å². The Balaban J connectivity index is 2.34. The van der Waals surface area contributed by atoms with Crippen molar-refractivity contribution in [1.29, 1.82) is 0 Å². The van der Waals surface area contributed by atoms with Crippen molar-refractivity contribution in [3.05, 3.63) is 53.6 Å². The summed E-state index contributed by atoms with van der Waals surface area (Å²) in [6.07, 6.45) is 3.15. The minimum atomic E-state index is -0.403. The lowest BCUT2D eigenvalue weighted by Gasteiger charge is -2.10. The molecule has 1 aromatic carbocycles. The maximum Gasteiger partial charge on any atom is 0.165 e. The first-order valence-electron chi connectivity index (χ1n) is 5.13. The van der Waals surface area contributed by atoms with Crippen LogP contribution in [0.5, 0.6) is 11.5 Å². The molecular weight excluding hydrogens is 241 g/mol. The number of alkyl halides is 1. The highest BCUT2D eigenvalue weighted by atomic mass is 35.5. The summed E-state index contributed by atoms with van der Waals surface area (Å²) in [5, 5.41) is 0. The van der Waals surface area contributed by atoms with Crippen LogP contribution in [0.15, 0.2) is 36.7 Å². The van der Waals surface area contributed by atoms with Gasteiger partial charge in [-0.25, -0.2) is 4.39 Å². The summed E-state index contributed by atoms with van der Waals surface area (Å²) in [6, 6.07) is 6.45. The van der Waals surface area contributed by atoms with Crippen LogP contribution in [0.3, 0.4) is 0 Å². The smallest absolute Gasteiger partial charge is 0.165 e. The van der Waals surface area contributed by atoms with E-state index in [4.69, 9.17) is 16.3 Å². The molecular formula is C13H11ClFNO. The van der Waals surface area contributed by atoms with Crippen LogP contribution in [0.4, 0.5) is 4.39 Å². The van der Waals surface area contributed by atoms with Gasteiger partial charge in [-0.15, -0.1) is 11.6 Å². The zero-order valence-corrected chi connectivity index (χ0v) is 10.0. The topological polar surface area (TPSA) is 22.1 Å². The fraction of sp³-hybridized carbons (Fsp3) is 0.154. The summed E-state index contributed by atoms with van der Waals surface area (Å²) in [4.78, 5) is 3.94. The number of benzene rings is 1. The first-order chi connectivity index (χ1) is 8.20. The van der Waals surface area contributed by atoms with Gasteiger partial charge in [-0.2, -0.15) is 0 Å². The van der Waals surface area contributed by atoms with Crippen molar-refractivity contribution in [1.82, 2.24) is 4.98 Å². The van der Waals surface area contributed by atoms with Gasteiger partial charge < -0.3 is 4.74 Å². The van der Waals surface area contributed by atoms with Crippen LogP contribution >= 0.6 is 11.6 Å². The molecule has 0 aliphatic heterocycles. The fourth-order valence-electron chi connectivity index (χ4n) is 1.42. The lowest BCUT2D eigenvalue weighted by atomic mass is 10.2. The summed E-state index contributed by atoms with van der Waals surface area (Å²) in [5.74, 6) is 0.557. The molecule has 0 radical (unpaired) electrons. The van der Waals surface area contributed by atoms with Crippen LogP contribution in [0.2, 0.25) is 0 Å². The monoisotopic (exact) mass is 251 g/mol. The van der Waals surface area contributed by atoms with Crippen LogP contribution < -0.4 is 4.74 Å². The van der Waals surface area contributed by atoms with Gasteiger partial charge in [-0.1, -0.05) is 6.07 Å². The molecule has 0 amide bonds. The summed E-state index contributed by atoms with van der Waals surface area (Å²) in [6.45, 7) is 1.87. The molecule has 0 aliphatic carbocycles. The van der Waals surface area contributed by atoms with Gasteiger partial charge in [0.15, 0.2) is 11.6 Å². The molecule has 0 bridgehead atoms. The number of aromatic nitrogens is 1. The van der Waals surface area contributed by atoms with Crippen LogP contribution in [0.1, 0.15) is 11.1 Å². The van der Waals surface area contributed by atoms with E-state index in [0.29, 0.717) is 11.6 Å². The molecule has 17 heavy (non-hydrogen) atoms. The van der Waals surface area contributed by atoms with Crippen molar-refractivity contribution in [2.24, 2.45) is 0 Å². The molecule has 4 heteroatoms. The van der Waals surface area contributed by atoms with Gasteiger partial charge in [-0.3, -0.25) is 4.98 Å². The normalized spacial score (nSPS) is 10.3. The number of ether oxygens (including phenoxy) is 1. The van der Waals surface area contributed by atoms with Crippen molar-refractivity contribution < 1.29 is 9.13 Å². The zero-order chi connectivity index (χ0) is 12.3. The molecule has 0 atom stereocenters. The first-order valence-corrected chi connectivity index (χ1v) is 5.67. The van der Waals surface area contributed by atoms with Gasteiger partial charge in [-0.05, 0) is 30.7 Å². The SMILES string of the molecule is Cc1ccc(F)c(Oc2cnccc2CCl)c1. The predicted molar refractivity (Wildman–Crippen MR) is 65.0 cm³/mol. The Hall–Kier alpha value is -1.61. The molecule has 0 fully saturated rings. The highest BCUT2D eigenvalue weighted by Gasteiger charge is 2.08. The lowest BCUT2D eigenvalue weighted by molar-refractivity contribution is 0.437. The Morgan fingerprint density at radius 3 is 2.88 bits per heavy atom. The second-order valence-electron chi connectivity index (χ2n) is 3.65. The fourth-order valence-corrected chi connectivity index (χ4v) is 1.64. The molecule has 2 rings (SSSR count). The third-order valence-electron chi connectivity index (χ3n) is 2.32. The van der Waals surface area contributed by atoms with Crippen molar-refractivity contribution in [3.8, 4) is 11.5 Å². The van der Waals surface area contributed by atoms with Crippen LogP contribution in [0.25, 0.3) is 0 Å². The lowest BCUT2D eigenvalue weighted by Crippen LogP contribution is -1.93. The van der Waals surface area contributed by atoms with E-state index in [0.717, 1.165) is 11.1 Å². The molecule has 1 heterocycles. The minimum Gasteiger partial charge on any atom is -0.452 e. The number of aryl methyl sites for hydroxylation is 1. The average Bonchev–Trinajstić information content (AvgIpc) is 2.34. The summed E-state index contributed by atoms with van der Waals surface area (Å²) < 4.78 is 19.0. The van der Waals surface area contributed by atoms with E-state index in [2.05, 4.69) is 4.98 Å². The molecule has 0 spiro atoms. The van der Waals surface area contributed by atoms with Crippen LogP contribution in [-0.2, 0) is 5.88 Å². The summed E-state index contributed by atoms with van der Waals surface area (Å²) in [7, 11) is 0. The molecule has 0 unspecified atom stereocenters. The molecule has 0 N–H and O–H groups in total. The number of halogens is 2. The quantitative estimate of drug-likeness (QED) is 0.768. The Bertz CT molecular complexity index is 531. The van der Waals surface area contributed by atoms with E-state index < -0.39 is 5.82 Å². The molecule has 88 valence electrons. The molecule has 0 aliphatic rings. The van der Waals surface area contributed by atoms with Gasteiger partial charge in [0.2, 0.25) is 0 Å². The largest absolute Gasteiger partial charge is 0.452 e. The Morgan fingerprint density at radius 1 is 1.29 bits per heavy atom. The van der Waals surface area contributed by atoms with Gasteiger partial charge in [0, 0.05) is 11.8 Å². The average molecular weight is 252 g/mol. The number of nitrogens with zero attached hydrogens (tertiary/aromatic N) is 1. The second kappa shape index (κ2) is 5.15. The van der Waals surface area contributed by atoms with Gasteiger partial charge in [0.1, 0.15) is 5.75 Å². The van der Waals surface area contributed by atoms with E-state index >= 15 is 0 Å². The van der Waals surface area contributed by atoms with E-state index in [1.807, 2.05) is 6.92 Å². The third-order valence-corrected chi connectivity index (χ3v) is 2.61. The molecule has 1 aromatic heterocycles. The van der Waals surface area contributed by atoms with Gasteiger partial charge >= 0.3 is 0 Å². The highest BCUT2D eigenvalue weighted by molar-refractivity contribution is 6.17. The van der Waals surface area contributed by atoms with E-state index in [1.54, 1.807) is 24.4 Å². The first kappa shape index (κ1) is 11.9. The van der Waals surface area contributed by atoms with Crippen molar-refractivity contribution in [2.45, 2.75) is 12.8 Å². The van der Waals surface area contributed by atoms with E-state index in [1.165, 1.54) is 12.3 Å². The van der Waals surface area contributed by atoms with Crippen molar-refractivity contribution >= 4 is 11.6 Å². The number of hydrogen-bond donors (Lipinski definition) is 0.